The highest BCUT2D eigenvalue weighted by Gasteiger charge is 2.19. The van der Waals surface area contributed by atoms with E-state index in [1.165, 1.54) is 7.11 Å². The number of anilines is 1. The second-order valence-electron chi connectivity index (χ2n) is 4.09. The third kappa shape index (κ3) is 4.75. The Hall–Kier alpha value is -1.82. The summed E-state index contributed by atoms with van der Waals surface area (Å²) in [5, 5.41) is 14.1. The van der Waals surface area contributed by atoms with Gasteiger partial charge in [0.1, 0.15) is 5.69 Å². The molecule has 0 fully saturated rings. The Morgan fingerprint density at radius 2 is 2.05 bits per heavy atom. The molecule has 6 nitrogen and oxygen atoms in total. The molecule has 6 heteroatoms. The van der Waals surface area contributed by atoms with Crippen LogP contribution in [-0.2, 0) is 4.74 Å². The molecule has 0 aliphatic carbocycles. The van der Waals surface area contributed by atoms with Crippen LogP contribution in [0.2, 0.25) is 0 Å². The highest BCUT2D eigenvalue weighted by Crippen LogP contribution is 2.34. The highest BCUT2D eigenvalue weighted by molar-refractivity contribution is 5.68. The van der Waals surface area contributed by atoms with Gasteiger partial charge < -0.3 is 14.8 Å². The number of unbranched alkanes of at least 4 members (excludes halogenated alkanes) is 2. The van der Waals surface area contributed by atoms with Crippen molar-refractivity contribution in [1.82, 2.24) is 0 Å². The Morgan fingerprint density at radius 1 is 1.26 bits per heavy atom. The molecule has 0 radical (unpaired) electrons. The van der Waals surface area contributed by atoms with Crippen LogP contribution >= 0.6 is 0 Å². The summed E-state index contributed by atoms with van der Waals surface area (Å²) in [6, 6.07) is 5.01. The third-order valence-electron chi connectivity index (χ3n) is 2.74. The Labute approximate surface area is 112 Å². The Balaban J connectivity index is 2.55. The van der Waals surface area contributed by atoms with E-state index in [0.717, 1.165) is 25.9 Å². The van der Waals surface area contributed by atoms with Gasteiger partial charge in [-0.15, -0.1) is 0 Å². The number of rotatable bonds is 9. The van der Waals surface area contributed by atoms with Crippen molar-refractivity contribution in [2.45, 2.75) is 19.3 Å². The van der Waals surface area contributed by atoms with Crippen LogP contribution in [0.1, 0.15) is 19.3 Å². The molecule has 1 rings (SSSR count). The van der Waals surface area contributed by atoms with Crippen LogP contribution in [0.3, 0.4) is 0 Å². The maximum atomic E-state index is 11.0. The zero-order chi connectivity index (χ0) is 14.1. The molecule has 19 heavy (non-hydrogen) atoms. The van der Waals surface area contributed by atoms with Crippen molar-refractivity contribution >= 4 is 11.4 Å². The van der Waals surface area contributed by atoms with Crippen molar-refractivity contribution in [2.24, 2.45) is 0 Å². The van der Waals surface area contributed by atoms with Crippen LogP contribution in [0.15, 0.2) is 18.2 Å². The fourth-order valence-corrected chi connectivity index (χ4v) is 1.79. The minimum atomic E-state index is -0.425. The van der Waals surface area contributed by atoms with E-state index < -0.39 is 4.92 Å². The van der Waals surface area contributed by atoms with Crippen LogP contribution in [0.4, 0.5) is 11.4 Å². The fourth-order valence-electron chi connectivity index (χ4n) is 1.79. The quantitative estimate of drug-likeness (QED) is 0.423. The topological polar surface area (TPSA) is 73.6 Å². The molecule has 1 N–H and O–H groups in total. The molecule has 0 atom stereocenters. The zero-order valence-corrected chi connectivity index (χ0v) is 11.3. The van der Waals surface area contributed by atoms with Gasteiger partial charge in [0.15, 0.2) is 5.75 Å². The summed E-state index contributed by atoms with van der Waals surface area (Å²) in [5.41, 5.74) is 0.484. The summed E-state index contributed by atoms with van der Waals surface area (Å²) in [5.74, 6) is 0.273. The molecular formula is C13H20N2O4. The molecule has 0 unspecified atom stereocenters. The minimum absolute atomic E-state index is 0.0121. The molecule has 0 aliphatic rings. The van der Waals surface area contributed by atoms with Gasteiger partial charge in [-0.2, -0.15) is 0 Å². The number of methoxy groups -OCH3 is 2. The average molecular weight is 268 g/mol. The zero-order valence-electron chi connectivity index (χ0n) is 11.3. The van der Waals surface area contributed by atoms with E-state index in [1.54, 1.807) is 25.3 Å². The maximum Gasteiger partial charge on any atom is 0.333 e. The lowest BCUT2D eigenvalue weighted by Gasteiger charge is -2.09. The third-order valence-corrected chi connectivity index (χ3v) is 2.74. The predicted molar refractivity (Wildman–Crippen MR) is 73.9 cm³/mol. The van der Waals surface area contributed by atoms with E-state index in [-0.39, 0.29) is 11.4 Å². The number of nitro groups is 1. The second-order valence-corrected chi connectivity index (χ2v) is 4.09. The number of nitrogens with one attached hydrogen (secondary N) is 1. The smallest absolute Gasteiger partial charge is 0.333 e. The van der Waals surface area contributed by atoms with Gasteiger partial charge in [-0.25, -0.2) is 0 Å². The molecule has 0 aromatic heterocycles. The largest absolute Gasteiger partial charge is 0.490 e. The first kappa shape index (κ1) is 15.2. The first-order chi connectivity index (χ1) is 9.20. The molecule has 106 valence electrons. The normalized spacial score (nSPS) is 10.2. The number of hydrogen-bond acceptors (Lipinski definition) is 5. The summed E-state index contributed by atoms with van der Waals surface area (Å²) in [7, 11) is 3.11. The van der Waals surface area contributed by atoms with E-state index in [1.807, 2.05) is 0 Å². The lowest BCUT2D eigenvalue weighted by molar-refractivity contribution is -0.384. The van der Waals surface area contributed by atoms with Crippen LogP contribution < -0.4 is 10.1 Å². The van der Waals surface area contributed by atoms with Crippen LogP contribution in [0.5, 0.6) is 5.75 Å². The van der Waals surface area contributed by atoms with Crippen LogP contribution in [0.25, 0.3) is 0 Å². The first-order valence-electron chi connectivity index (χ1n) is 6.25. The first-order valence-corrected chi connectivity index (χ1v) is 6.25. The van der Waals surface area contributed by atoms with Crippen LogP contribution in [0, 0.1) is 10.1 Å². The number of ether oxygens (including phenoxy) is 2. The standard InChI is InChI=1S/C13H20N2O4/c1-18-10-5-3-4-9-14-11-7-6-8-12(19-2)13(11)15(16)17/h6-8,14H,3-5,9-10H2,1-2H3. The summed E-state index contributed by atoms with van der Waals surface area (Å²) in [6.07, 6.45) is 2.97. The molecule has 1 aromatic carbocycles. The molecule has 1 aromatic rings. The molecule has 0 amide bonds. The van der Waals surface area contributed by atoms with Gasteiger partial charge >= 0.3 is 5.69 Å². The predicted octanol–water partition coefficient (Wildman–Crippen LogP) is 2.83. The van der Waals surface area contributed by atoms with E-state index in [9.17, 15) is 10.1 Å². The molecule has 0 saturated heterocycles. The minimum Gasteiger partial charge on any atom is -0.490 e. The monoisotopic (exact) mass is 268 g/mol. The summed E-state index contributed by atoms with van der Waals surface area (Å²) in [4.78, 5) is 10.6. The van der Waals surface area contributed by atoms with Gasteiger partial charge in [0.05, 0.1) is 12.0 Å². The fraction of sp³-hybridized carbons (Fsp3) is 0.538. The number of para-hydroxylation sites is 1. The van der Waals surface area contributed by atoms with Crippen molar-refractivity contribution in [1.29, 1.82) is 0 Å². The van der Waals surface area contributed by atoms with Gasteiger partial charge in [0.25, 0.3) is 0 Å². The molecular weight excluding hydrogens is 248 g/mol. The van der Waals surface area contributed by atoms with Crippen LogP contribution in [-0.4, -0.2) is 32.3 Å². The number of nitrogens with zero attached hydrogens (tertiary/aromatic N) is 1. The summed E-state index contributed by atoms with van der Waals surface area (Å²) >= 11 is 0. The molecule has 0 spiro atoms. The average Bonchev–Trinajstić information content (AvgIpc) is 2.42. The maximum absolute atomic E-state index is 11.0. The molecule has 0 saturated carbocycles. The molecule has 0 heterocycles. The molecule has 0 aliphatic heterocycles. The number of nitro benzene ring substituents is 1. The SMILES string of the molecule is COCCCCCNc1cccc(OC)c1[N+](=O)[O-]. The van der Waals surface area contributed by atoms with E-state index in [0.29, 0.717) is 12.2 Å². The lowest BCUT2D eigenvalue weighted by Crippen LogP contribution is -2.05. The lowest BCUT2D eigenvalue weighted by atomic mass is 10.2. The van der Waals surface area contributed by atoms with Crippen molar-refractivity contribution in [3.05, 3.63) is 28.3 Å². The summed E-state index contributed by atoms with van der Waals surface area (Å²) in [6.45, 7) is 1.44. The Kier molecular flexibility index (Phi) is 6.67. The van der Waals surface area contributed by atoms with Gasteiger partial charge in [-0.1, -0.05) is 6.07 Å². The van der Waals surface area contributed by atoms with E-state index in [4.69, 9.17) is 9.47 Å². The van der Waals surface area contributed by atoms with Gasteiger partial charge in [0.2, 0.25) is 0 Å². The second kappa shape index (κ2) is 8.31. The number of benzene rings is 1. The van der Waals surface area contributed by atoms with Crippen molar-refractivity contribution in [2.75, 3.05) is 32.7 Å². The van der Waals surface area contributed by atoms with Gasteiger partial charge in [-0.3, -0.25) is 10.1 Å². The van der Waals surface area contributed by atoms with E-state index in [2.05, 4.69) is 5.32 Å². The van der Waals surface area contributed by atoms with E-state index >= 15 is 0 Å². The Morgan fingerprint density at radius 3 is 2.68 bits per heavy atom. The van der Waals surface area contributed by atoms with Crippen molar-refractivity contribution in [3.63, 3.8) is 0 Å². The highest BCUT2D eigenvalue weighted by atomic mass is 16.6. The molecule has 0 bridgehead atoms. The van der Waals surface area contributed by atoms with Crippen molar-refractivity contribution < 1.29 is 14.4 Å². The number of hydrogen-bond donors (Lipinski definition) is 1. The van der Waals surface area contributed by atoms with Gasteiger partial charge in [0, 0.05) is 20.3 Å². The van der Waals surface area contributed by atoms with Gasteiger partial charge in [-0.05, 0) is 31.4 Å². The summed E-state index contributed by atoms with van der Waals surface area (Å²) < 4.78 is 9.97. The van der Waals surface area contributed by atoms with Crippen molar-refractivity contribution in [3.8, 4) is 5.75 Å². The Bertz CT molecular complexity index is 410.